The first-order valence-corrected chi connectivity index (χ1v) is 10.6. The second kappa shape index (κ2) is 9.44. The molecule has 1 aliphatic heterocycles. The molecule has 168 valence electrons. The fourth-order valence-corrected chi connectivity index (χ4v) is 4.04. The van der Waals surface area contributed by atoms with E-state index in [9.17, 15) is 0 Å². The van der Waals surface area contributed by atoms with Gasteiger partial charge in [-0.1, -0.05) is 6.07 Å². The normalized spacial score (nSPS) is 13.7. The summed E-state index contributed by atoms with van der Waals surface area (Å²) in [5.74, 6) is 2.90. The third-order valence-electron chi connectivity index (χ3n) is 6.01. The van der Waals surface area contributed by atoms with Crippen LogP contribution in [0.2, 0.25) is 0 Å². The van der Waals surface area contributed by atoms with E-state index in [1.165, 1.54) is 16.7 Å². The standard InChI is InChI=1S/C25H29N3O4/c1-16-17(2)22(29-3)8-6-18(16)14-28-10-11-32-25-20(15-28)12-19(13-23(25)30-4)21-7-9-24(31-5)27-26-21/h6-9,12-13H,10-11,14-15H2,1-5H3. The van der Waals surface area contributed by atoms with Gasteiger partial charge in [-0.3, -0.25) is 4.90 Å². The van der Waals surface area contributed by atoms with Crippen molar-refractivity contribution < 1.29 is 18.9 Å². The van der Waals surface area contributed by atoms with Gasteiger partial charge in [-0.25, -0.2) is 0 Å². The fraction of sp³-hybridized carbons (Fsp3) is 0.360. The molecular weight excluding hydrogens is 406 g/mol. The molecule has 0 saturated carbocycles. The van der Waals surface area contributed by atoms with Gasteiger partial charge in [-0.2, -0.15) is 0 Å². The molecule has 7 nitrogen and oxygen atoms in total. The van der Waals surface area contributed by atoms with Gasteiger partial charge in [-0.15, -0.1) is 10.2 Å². The van der Waals surface area contributed by atoms with Gasteiger partial charge in [0, 0.05) is 36.8 Å². The lowest BCUT2D eigenvalue weighted by molar-refractivity contribution is 0.216. The monoisotopic (exact) mass is 435 g/mol. The number of aromatic nitrogens is 2. The highest BCUT2D eigenvalue weighted by molar-refractivity contribution is 5.66. The molecule has 1 aliphatic rings. The van der Waals surface area contributed by atoms with Gasteiger partial charge in [0.15, 0.2) is 11.5 Å². The molecular formula is C25H29N3O4. The topological polar surface area (TPSA) is 65.9 Å². The lowest BCUT2D eigenvalue weighted by Crippen LogP contribution is -2.25. The molecule has 0 atom stereocenters. The van der Waals surface area contributed by atoms with Crippen molar-refractivity contribution in [2.45, 2.75) is 26.9 Å². The highest BCUT2D eigenvalue weighted by Gasteiger charge is 2.22. The van der Waals surface area contributed by atoms with Crippen molar-refractivity contribution in [3.63, 3.8) is 0 Å². The van der Waals surface area contributed by atoms with Gasteiger partial charge in [0.1, 0.15) is 12.4 Å². The van der Waals surface area contributed by atoms with E-state index in [-0.39, 0.29) is 0 Å². The maximum absolute atomic E-state index is 6.11. The van der Waals surface area contributed by atoms with Crippen molar-refractivity contribution in [2.24, 2.45) is 0 Å². The average Bonchev–Trinajstić information content (AvgIpc) is 3.03. The molecule has 7 heteroatoms. The summed E-state index contributed by atoms with van der Waals surface area (Å²) < 4.78 is 22.4. The number of rotatable bonds is 6. The van der Waals surface area contributed by atoms with E-state index < -0.39 is 0 Å². The van der Waals surface area contributed by atoms with Crippen molar-refractivity contribution in [3.8, 4) is 34.4 Å². The van der Waals surface area contributed by atoms with E-state index in [1.807, 2.05) is 18.2 Å². The zero-order chi connectivity index (χ0) is 22.7. The second-order valence-electron chi connectivity index (χ2n) is 7.86. The molecule has 2 aromatic carbocycles. The number of benzene rings is 2. The predicted octanol–water partition coefficient (Wildman–Crippen LogP) is 4.18. The number of ether oxygens (including phenoxy) is 4. The number of fused-ring (bicyclic) bond motifs is 1. The van der Waals surface area contributed by atoms with Crippen LogP contribution < -0.4 is 18.9 Å². The van der Waals surface area contributed by atoms with E-state index in [1.54, 1.807) is 27.4 Å². The lowest BCUT2D eigenvalue weighted by Gasteiger charge is -2.22. The van der Waals surface area contributed by atoms with Crippen LogP contribution in [0, 0.1) is 13.8 Å². The lowest BCUT2D eigenvalue weighted by atomic mass is 10.0. The van der Waals surface area contributed by atoms with Crippen LogP contribution in [0.1, 0.15) is 22.3 Å². The van der Waals surface area contributed by atoms with Crippen LogP contribution in [0.4, 0.5) is 0 Å². The molecule has 0 aliphatic carbocycles. The minimum atomic E-state index is 0.482. The van der Waals surface area contributed by atoms with E-state index in [4.69, 9.17) is 18.9 Å². The summed E-state index contributed by atoms with van der Waals surface area (Å²) in [5, 5.41) is 8.39. The molecule has 0 radical (unpaired) electrons. The van der Waals surface area contributed by atoms with Crippen LogP contribution in [0.15, 0.2) is 36.4 Å². The molecule has 0 bridgehead atoms. The molecule has 0 fully saturated rings. The Morgan fingerprint density at radius 1 is 0.906 bits per heavy atom. The summed E-state index contributed by atoms with van der Waals surface area (Å²) in [4.78, 5) is 2.39. The van der Waals surface area contributed by atoms with Crippen LogP contribution in [0.5, 0.6) is 23.1 Å². The summed E-state index contributed by atoms with van der Waals surface area (Å²) in [5.41, 5.74) is 6.48. The van der Waals surface area contributed by atoms with Gasteiger partial charge in [0.2, 0.25) is 5.88 Å². The second-order valence-corrected chi connectivity index (χ2v) is 7.86. The Morgan fingerprint density at radius 2 is 1.72 bits per heavy atom. The summed E-state index contributed by atoms with van der Waals surface area (Å²) in [6, 6.07) is 12.0. The quantitative estimate of drug-likeness (QED) is 0.575. The Morgan fingerprint density at radius 3 is 2.41 bits per heavy atom. The number of hydrogen-bond acceptors (Lipinski definition) is 7. The first kappa shape index (κ1) is 21.9. The molecule has 0 spiro atoms. The third kappa shape index (κ3) is 4.34. The molecule has 0 amide bonds. The van der Waals surface area contributed by atoms with Crippen molar-refractivity contribution >= 4 is 0 Å². The Balaban J connectivity index is 1.64. The highest BCUT2D eigenvalue weighted by Crippen LogP contribution is 2.38. The van der Waals surface area contributed by atoms with Crippen LogP contribution in [-0.2, 0) is 13.1 Å². The molecule has 2 heterocycles. The van der Waals surface area contributed by atoms with Crippen molar-refractivity contribution in [3.05, 3.63) is 58.7 Å². The first-order valence-electron chi connectivity index (χ1n) is 10.6. The zero-order valence-electron chi connectivity index (χ0n) is 19.3. The van der Waals surface area contributed by atoms with E-state index in [0.29, 0.717) is 18.2 Å². The summed E-state index contributed by atoms with van der Waals surface area (Å²) in [6.07, 6.45) is 0. The maximum Gasteiger partial charge on any atom is 0.233 e. The maximum atomic E-state index is 6.11. The summed E-state index contributed by atoms with van der Waals surface area (Å²) in [6.45, 7) is 7.24. The van der Waals surface area contributed by atoms with E-state index in [2.05, 4.69) is 41.1 Å². The smallest absolute Gasteiger partial charge is 0.233 e. The summed E-state index contributed by atoms with van der Waals surface area (Å²) >= 11 is 0. The van der Waals surface area contributed by atoms with Gasteiger partial charge < -0.3 is 18.9 Å². The van der Waals surface area contributed by atoms with Gasteiger partial charge in [0.05, 0.1) is 27.0 Å². The minimum Gasteiger partial charge on any atom is -0.496 e. The predicted molar refractivity (Wildman–Crippen MR) is 123 cm³/mol. The van der Waals surface area contributed by atoms with Gasteiger partial charge >= 0.3 is 0 Å². The molecule has 0 saturated heterocycles. The Kier molecular flexibility index (Phi) is 6.46. The fourth-order valence-electron chi connectivity index (χ4n) is 4.04. The van der Waals surface area contributed by atoms with Crippen LogP contribution in [0.3, 0.4) is 0 Å². The molecule has 4 rings (SSSR count). The number of methoxy groups -OCH3 is 3. The molecule has 0 unspecified atom stereocenters. The Hall–Kier alpha value is -3.32. The van der Waals surface area contributed by atoms with E-state index >= 15 is 0 Å². The zero-order valence-corrected chi connectivity index (χ0v) is 19.3. The SMILES string of the molecule is COc1ccc(-c2cc3c(c(OC)c2)OCCN(Cc2ccc(OC)c(C)c2C)C3)nn1. The summed E-state index contributed by atoms with van der Waals surface area (Å²) in [7, 11) is 4.95. The minimum absolute atomic E-state index is 0.482. The first-order chi connectivity index (χ1) is 15.5. The van der Waals surface area contributed by atoms with E-state index in [0.717, 1.165) is 48.0 Å². The third-order valence-corrected chi connectivity index (χ3v) is 6.01. The number of hydrogen-bond donors (Lipinski definition) is 0. The Bertz CT molecular complexity index is 1100. The molecule has 0 N–H and O–H groups in total. The highest BCUT2D eigenvalue weighted by atomic mass is 16.5. The van der Waals surface area contributed by atoms with Crippen LogP contribution in [0.25, 0.3) is 11.3 Å². The Labute approximate surface area is 188 Å². The van der Waals surface area contributed by atoms with Gasteiger partial charge in [0.25, 0.3) is 0 Å². The largest absolute Gasteiger partial charge is 0.496 e. The molecule has 1 aromatic heterocycles. The van der Waals surface area contributed by atoms with Crippen LogP contribution in [-0.4, -0.2) is 49.6 Å². The van der Waals surface area contributed by atoms with Gasteiger partial charge in [-0.05, 0) is 54.8 Å². The molecule has 3 aromatic rings. The number of nitrogens with zero attached hydrogens (tertiary/aromatic N) is 3. The van der Waals surface area contributed by atoms with Crippen molar-refractivity contribution in [2.75, 3.05) is 34.5 Å². The average molecular weight is 436 g/mol. The van der Waals surface area contributed by atoms with Crippen molar-refractivity contribution in [1.82, 2.24) is 15.1 Å². The van der Waals surface area contributed by atoms with Crippen molar-refractivity contribution in [1.29, 1.82) is 0 Å². The van der Waals surface area contributed by atoms with Crippen LogP contribution >= 0.6 is 0 Å². The molecule has 32 heavy (non-hydrogen) atoms.